The minimum Gasteiger partial charge on any atom is -0.465 e. The third kappa shape index (κ3) is 4.22. The van der Waals surface area contributed by atoms with Gasteiger partial charge in [0, 0.05) is 25.2 Å². The molecule has 0 saturated heterocycles. The van der Waals surface area contributed by atoms with Crippen molar-refractivity contribution in [3.8, 4) is 0 Å². The average Bonchev–Trinajstić information content (AvgIpc) is 2.70. The minimum absolute atomic E-state index is 0.919. The predicted octanol–water partition coefficient (Wildman–Crippen LogP) is 3.24. The molecule has 0 fully saturated rings. The topological polar surface area (TPSA) is 28.4 Å². The molecule has 0 radical (unpaired) electrons. The molecule has 1 aliphatic rings. The van der Waals surface area contributed by atoms with E-state index in [9.17, 15) is 0 Å². The molecule has 2 rings (SSSR count). The first-order valence-corrected chi connectivity index (χ1v) is 7.36. The highest BCUT2D eigenvalue weighted by molar-refractivity contribution is 5.21. The van der Waals surface area contributed by atoms with Crippen molar-refractivity contribution < 1.29 is 4.42 Å². The summed E-state index contributed by atoms with van der Waals surface area (Å²) in [4.78, 5) is 2.46. The van der Waals surface area contributed by atoms with Crippen LogP contribution in [0.15, 0.2) is 22.1 Å². The van der Waals surface area contributed by atoms with Crippen molar-refractivity contribution in [3.05, 3.63) is 34.8 Å². The molecule has 1 aliphatic heterocycles. The van der Waals surface area contributed by atoms with Crippen LogP contribution in [-0.4, -0.2) is 24.5 Å². The number of hydrogen-bond acceptors (Lipinski definition) is 3. The molecule has 0 bridgehead atoms. The lowest BCUT2D eigenvalue weighted by molar-refractivity contribution is 0.256. The second-order valence-electron chi connectivity index (χ2n) is 5.52. The molecule has 1 aromatic rings. The zero-order valence-corrected chi connectivity index (χ0v) is 12.5. The Bertz CT molecular complexity index is 434. The van der Waals surface area contributed by atoms with Gasteiger partial charge in [0.1, 0.15) is 11.5 Å². The molecule has 0 aromatic carbocycles. The van der Waals surface area contributed by atoms with Crippen LogP contribution in [0.25, 0.3) is 0 Å². The van der Waals surface area contributed by atoms with Crippen molar-refractivity contribution in [2.75, 3.05) is 19.6 Å². The van der Waals surface area contributed by atoms with Crippen LogP contribution in [0.3, 0.4) is 0 Å². The van der Waals surface area contributed by atoms with Crippen LogP contribution in [-0.2, 0) is 13.1 Å². The first kappa shape index (κ1) is 14.4. The molecular formula is C16H26N2O. The van der Waals surface area contributed by atoms with Gasteiger partial charge >= 0.3 is 0 Å². The fourth-order valence-corrected chi connectivity index (χ4v) is 2.59. The Labute approximate surface area is 116 Å². The predicted molar refractivity (Wildman–Crippen MR) is 79.1 cm³/mol. The molecule has 1 aromatic heterocycles. The van der Waals surface area contributed by atoms with E-state index in [0.717, 1.165) is 50.7 Å². The van der Waals surface area contributed by atoms with Crippen LogP contribution < -0.4 is 5.32 Å². The van der Waals surface area contributed by atoms with Crippen molar-refractivity contribution in [1.29, 1.82) is 0 Å². The Kier molecular flexibility index (Phi) is 5.23. The monoisotopic (exact) mass is 262 g/mol. The number of rotatable bonds is 6. The normalized spacial score (nSPS) is 16.7. The van der Waals surface area contributed by atoms with Gasteiger partial charge in [0.05, 0.1) is 6.54 Å². The third-order valence-corrected chi connectivity index (χ3v) is 3.60. The summed E-state index contributed by atoms with van der Waals surface area (Å²) in [5, 5.41) is 3.43. The quantitative estimate of drug-likeness (QED) is 0.630. The van der Waals surface area contributed by atoms with Crippen LogP contribution >= 0.6 is 0 Å². The van der Waals surface area contributed by atoms with Crippen molar-refractivity contribution in [1.82, 2.24) is 10.2 Å². The Morgan fingerprint density at radius 1 is 1.37 bits per heavy atom. The molecule has 106 valence electrons. The SMILES string of the molecule is CCCNCc1cc(CN2CCC=C(C)C2)oc1C. The fourth-order valence-electron chi connectivity index (χ4n) is 2.59. The lowest BCUT2D eigenvalue weighted by atomic mass is 10.1. The molecule has 0 saturated carbocycles. The molecule has 0 atom stereocenters. The Morgan fingerprint density at radius 3 is 2.95 bits per heavy atom. The molecular weight excluding hydrogens is 236 g/mol. The van der Waals surface area contributed by atoms with E-state index < -0.39 is 0 Å². The Morgan fingerprint density at radius 2 is 2.21 bits per heavy atom. The van der Waals surface area contributed by atoms with Crippen molar-refractivity contribution in [2.45, 2.75) is 46.7 Å². The summed E-state index contributed by atoms with van der Waals surface area (Å²) < 4.78 is 5.88. The van der Waals surface area contributed by atoms with E-state index in [1.165, 1.54) is 17.6 Å². The maximum Gasteiger partial charge on any atom is 0.118 e. The summed E-state index contributed by atoms with van der Waals surface area (Å²) >= 11 is 0. The summed E-state index contributed by atoms with van der Waals surface area (Å²) in [5.74, 6) is 2.16. The maximum absolute atomic E-state index is 5.88. The van der Waals surface area contributed by atoms with Crippen LogP contribution in [0, 0.1) is 6.92 Å². The molecule has 1 N–H and O–H groups in total. The summed E-state index contributed by atoms with van der Waals surface area (Å²) in [6.07, 6.45) is 4.67. The summed E-state index contributed by atoms with van der Waals surface area (Å²) in [5.41, 5.74) is 2.77. The highest BCUT2D eigenvalue weighted by Crippen LogP contribution is 2.18. The molecule has 0 spiro atoms. The van der Waals surface area contributed by atoms with Gasteiger partial charge in [-0.15, -0.1) is 0 Å². The number of nitrogens with one attached hydrogen (secondary N) is 1. The number of furan rings is 1. The lowest BCUT2D eigenvalue weighted by Crippen LogP contribution is -2.28. The van der Waals surface area contributed by atoms with Gasteiger partial charge < -0.3 is 9.73 Å². The summed E-state index contributed by atoms with van der Waals surface area (Å²) in [7, 11) is 0. The van der Waals surface area contributed by atoms with E-state index in [2.05, 4.69) is 43.1 Å². The zero-order valence-electron chi connectivity index (χ0n) is 12.5. The molecule has 19 heavy (non-hydrogen) atoms. The first-order valence-electron chi connectivity index (χ1n) is 7.36. The van der Waals surface area contributed by atoms with Crippen molar-refractivity contribution in [2.24, 2.45) is 0 Å². The molecule has 3 nitrogen and oxygen atoms in total. The highest BCUT2D eigenvalue weighted by atomic mass is 16.3. The van der Waals surface area contributed by atoms with Gasteiger partial charge in [0.25, 0.3) is 0 Å². The number of hydrogen-bond donors (Lipinski definition) is 1. The molecule has 2 heterocycles. The zero-order chi connectivity index (χ0) is 13.7. The first-order chi connectivity index (χ1) is 9.19. The molecule has 0 amide bonds. The summed E-state index contributed by atoms with van der Waals surface area (Å²) in [6.45, 7) is 11.6. The minimum atomic E-state index is 0.919. The van der Waals surface area contributed by atoms with E-state index in [1.807, 2.05) is 0 Å². The molecule has 3 heteroatoms. The van der Waals surface area contributed by atoms with E-state index >= 15 is 0 Å². The number of aryl methyl sites for hydroxylation is 1. The van der Waals surface area contributed by atoms with E-state index in [1.54, 1.807) is 0 Å². The van der Waals surface area contributed by atoms with Gasteiger partial charge in [-0.25, -0.2) is 0 Å². The van der Waals surface area contributed by atoms with Gasteiger partial charge in [-0.05, 0) is 39.3 Å². The number of nitrogens with zero attached hydrogens (tertiary/aromatic N) is 1. The highest BCUT2D eigenvalue weighted by Gasteiger charge is 2.14. The smallest absolute Gasteiger partial charge is 0.118 e. The van der Waals surface area contributed by atoms with Crippen molar-refractivity contribution in [3.63, 3.8) is 0 Å². The standard InChI is InChI=1S/C16H26N2O/c1-4-7-17-10-15-9-16(19-14(15)3)12-18-8-5-6-13(2)11-18/h6,9,17H,4-5,7-8,10-12H2,1-3H3. The fraction of sp³-hybridized carbons (Fsp3) is 0.625. The Balaban J connectivity index is 1.90. The molecule has 0 aliphatic carbocycles. The lowest BCUT2D eigenvalue weighted by Gasteiger charge is -2.24. The van der Waals surface area contributed by atoms with Gasteiger partial charge in [-0.3, -0.25) is 4.90 Å². The van der Waals surface area contributed by atoms with E-state index in [-0.39, 0.29) is 0 Å². The van der Waals surface area contributed by atoms with E-state index in [0.29, 0.717) is 0 Å². The van der Waals surface area contributed by atoms with Crippen LogP contribution in [0.1, 0.15) is 43.8 Å². The van der Waals surface area contributed by atoms with Gasteiger partial charge in [0.15, 0.2) is 0 Å². The van der Waals surface area contributed by atoms with E-state index in [4.69, 9.17) is 4.42 Å². The largest absolute Gasteiger partial charge is 0.465 e. The van der Waals surface area contributed by atoms with Crippen molar-refractivity contribution >= 4 is 0 Å². The van der Waals surface area contributed by atoms with Gasteiger partial charge in [0.2, 0.25) is 0 Å². The van der Waals surface area contributed by atoms with Crippen LogP contribution in [0.2, 0.25) is 0 Å². The van der Waals surface area contributed by atoms with Crippen LogP contribution in [0.5, 0.6) is 0 Å². The second kappa shape index (κ2) is 6.92. The molecule has 0 unspecified atom stereocenters. The van der Waals surface area contributed by atoms with Gasteiger partial charge in [-0.1, -0.05) is 18.6 Å². The second-order valence-corrected chi connectivity index (χ2v) is 5.52. The maximum atomic E-state index is 5.88. The third-order valence-electron chi connectivity index (χ3n) is 3.60. The average molecular weight is 262 g/mol. The summed E-state index contributed by atoms with van der Waals surface area (Å²) in [6, 6.07) is 2.21. The Hall–Kier alpha value is -1.06. The van der Waals surface area contributed by atoms with Gasteiger partial charge in [-0.2, -0.15) is 0 Å². The van der Waals surface area contributed by atoms with Crippen LogP contribution in [0.4, 0.5) is 0 Å².